The molecule has 0 fully saturated rings. The largest absolute Gasteiger partial charge is 0.486 e. The van der Waals surface area contributed by atoms with Crippen LogP contribution in [-0.4, -0.2) is 4.98 Å². The van der Waals surface area contributed by atoms with E-state index in [1.807, 2.05) is 12.1 Å². The maximum atomic E-state index is 5.87. The number of nitrogens with zero attached hydrogens (tertiary/aromatic N) is 1. The van der Waals surface area contributed by atoms with Crippen molar-refractivity contribution >= 4 is 11.3 Å². The van der Waals surface area contributed by atoms with Gasteiger partial charge in [0, 0.05) is 16.8 Å². The molecule has 2 N–H and O–H groups in total. The Hall–Kier alpha value is -1.39. The molecule has 0 aliphatic carbocycles. The number of benzene rings is 1. The van der Waals surface area contributed by atoms with E-state index in [2.05, 4.69) is 39.8 Å². The van der Waals surface area contributed by atoms with Gasteiger partial charge in [0.1, 0.15) is 17.4 Å². The third kappa shape index (κ3) is 4.05. The predicted molar refractivity (Wildman–Crippen MR) is 88.9 cm³/mol. The molecule has 0 radical (unpaired) electrons. The summed E-state index contributed by atoms with van der Waals surface area (Å²) in [4.78, 5) is 5.88. The molecule has 0 saturated heterocycles. The van der Waals surface area contributed by atoms with E-state index in [1.54, 1.807) is 11.3 Å². The molecule has 0 bridgehead atoms. The fraction of sp³-hybridized carbons (Fsp3) is 0.471. The number of hydrogen-bond acceptors (Lipinski definition) is 4. The van der Waals surface area contributed by atoms with Crippen LogP contribution in [0.1, 0.15) is 48.8 Å². The fourth-order valence-electron chi connectivity index (χ4n) is 2.19. The minimum Gasteiger partial charge on any atom is -0.486 e. The molecule has 2 rings (SSSR count). The summed E-state index contributed by atoms with van der Waals surface area (Å²) in [6.45, 7) is 9.67. The summed E-state index contributed by atoms with van der Waals surface area (Å²) in [6, 6.07) is 8.21. The Bertz CT molecular complexity index is 599. The van der Waals surface area contributed by atoms with Crippen LogP contribution in [0.25, 0.3) is 0 Å². The first-order valence-electron chi connectivity index (χ1n) is 7.35. The molecule has 114 valence electrons. The Morgan fingerprint density at radius 1 is 1.29 bits per heavy atom. The lowest BCUT2D eigenvalue weighted by Gasteiger charge is -2.16. The van der Waals surface area contributed by atoms with Gasteiger partial charge in [-0.3, -0.25) is 0 Å². The molecule has 0 aliphatic rings. The van der Waals surface area contributed by atoms with Gasteiger partial charge in [0.15, 0.2) is 0 Å². The van der Waals surface area contributed by atoms with Gasteiger partial charge in [-0.15, -0.1) is 11.3 Å². The van der Waals surface area contributed by atoms with Gasteiger partial charge in [-0.05, 0) is 24.1 Å². The Balaban J connectivity index is 2.11. The van der Waals surface area contributed by atoms with Crippen LogP contribution in [0, 0.1) is 0 Å². The van der Waals surface area contributed by atoms with Crippen molar-refractivity contribution in [1.82, 2.24) is 4.98 Å². The lowest BCUT2D eigenvalue weighted by molar-refractivity contribution is 0.304. The van der Waals surface area contributed by atoms with Crippen LogP contribution in [0.5, 0.6) is 5.75 Å². The van der Waals surface area contributed by atoms with Gasteiger partial charge in [-0.2, -0.15) is 0 Å². The van der Waals surface area contributed by atoms with Crippen LogP contribution >= 0.6 is 11.3 Å². The Morgan fingerprint density at radius 2 is 2.05 bits per heavy atom. The molecule has 0 spiro atoms. The molecular formula is C17H24N2OS. The minimum atomic E-state index is 0.0194. The standard InChI is InChI=1S/C17H24N2OS/c1-5-12-7-6-8-13(9-12)20-11-15-19-16(17(2,3)4)14(10-18)21-15/h6-9H,5,10-11,18H2,1-4H3. The quantitative estimate of drug-likeness (QED) is 0.907. The fourth-order valence-corrected chi connectivity index (χ4v) is 3.26. The zero-order chi connectivity index (χ0) is 15.5. The molecule has 21 heavy (non-hydrogen) atoms. The van der Waals surface area contributed by atoms with E-state index >= 15 is 0 Å². The van der Waals surface area contributed by atoms with Crippen molar-refractivity contribution in [3.63, 3.8) is 0 Å². The highest BCUT2D eigenvalue weighted by Crippen LogP contribution is 2.30. The van der Waals surface area contributed by atoms with Gasteiger partial charge < -0.3 is 10.5 Å². The third-order valence-corrected chi connectivity index (χ3v) is 4.36. The molecule has 0 unspecified atom stereocenters. The Labute approximate surface area is 131 Å². The van der Waals surface area contributed by atoms with E-state index in [-0.39, 0.29) is 5.41 Å². The first-order valence-corrected chi connectivity index (χ1v) is 8.16. The smallest absolute Gasteiger partial charge is 0.140 e. The molecule has 4 heteroatoms. The lowest BCUT2D eigenvalue weighted by Crippen LogP contribution is -2.15. The average molecular weight is 304 g/mol. The van der Waals surface area contributed by atoms with E-state index in [9.17, 15) is 0 Å². The zero-order valence-corrected chi connectivity index (χ0v) is 14.1. The second kappa shape index (κ2) is 6.58. The first-order chi connectivity index (χ1) is 9.94. The lowest BCUT2D eigenvalue weighted by atomic mass is 9.91. The molecule has 1 aromatic carbocycles. The highest BCUT2D eigenvalue weighted by Gasteiger charge is 2.22. The molecule has 1 heterocycles. The van der Waals surface area contributed by atoms with E-state index in [0.717, 1.165) is 27.7 Å². The van der Waals surface area contributed by atoms with Gasteiger partial charge in [0.25, 0.3) is 0 Å². The highest BCUT2D eigenvalue weighted by atomic mass is 32.1. The minimum absolute atomic E-state index is 0.0194. The van der Waals surface area contributed by atoms with Crippen molar-refractivity contribution in [3.05, 3.63) is 45.4 Å². The van der Waals surface area contributed by atoms with Crippen LogP contribution in [0.3, 0.4) is 0 Å². The van der Waals surface area contributed by atoms with Crippen LogP contribution in [0.4, 0.5) is 0 Å². The van der Waals surface area contributed by atoms with Crippen molar-refractivity contribution in [1.29, 1.82) is 0 Å². The number of aromatic nitrogens is 1. The summed E-state index contributed by atoms with van der Waals surface area (Å²) in [5.41, 5.74) is 8.23. The summed E-state index contributed by atoms with van der Waals surface area (Å²) >= 11 is 1.65. The van der Waals surface area contributed by atoms with Crippen LogP contribution in [0.2, 0.25) is 0 Å². The third-order valence-electron chi connectivity index (χ3n) is 3.31. The molecule has 0 saturated carbocycles. The summed E-state index contributed by atoms with van der Waals surface area (Å²) < 4.78 is 5.87. The number of aryl methyl sites for hydroxylation is 1. The van der Waals surface area contributed by atoms with Crippen molar-refractivity contribution in [2.45, 2.75) is 52.7 Å². The van der Waals surface area contributed by atoms with Gasteiger partial charge in [0.2, 0.25) is 0 Å². The van der Waals surface area contributed by atoms with Crippen molar-refractivity contribution < 1.29 is 4.74 Å². The average Bonchev–Trinajstić information content (AvgIpc) is 2.89. The van der Waals surface area contributed by atoms with E-state index < -0.39 is 0 Å². The normalized spacial score (nSPS) is 11.7. The Morgan fingerprint density at radius 3 is 2.62 bits per heavy atom. The van der Waals surface area contributed by atoms with E-state index in [4.69, 9.17) is 15.5 Å². The molecular weight excluding hydrogens is 280 g/mol. The van der Waals surface area contributed by atoms with Crippen LogP contribution in [0.15, 0.2) is 24.3 Å². The Kier molecular flexibility index (Phi) is 5.01. The maximum absolute atomic E-state index is 5.87. The van der Waals surface area contributed by atoms with E-state index in [0.29, 0.717) is 13.2 Å². The number of ether oxygens (including phenoxy) is 1. The monoisotopic (exact) mass is 304 g/mol. The number of nitrogens with two attached hydrogens (primary N) is 1. The predicted octanol–water partition coefficient (Wildman–Crippen LogP) is 4.04. The van der Waals surface area contributed by atoms with Crippen molar-refractivity contribution in [2.75, 3.05) is 0 Å². The van der Waals surface area contributed by atoms with Crippen LogP contribution in [-0.2, 0) is 25.0 Å². The molecule has 3 nitrogen and oxygen atoms in total. The number of rotatable bonds is 5. The molecule has 0 atom stereocenters. The summed E-state index contributed by atoms with van der Waals surface area (Å²) in [5, 5.41) is 0.988. The SMILES string of the molecule is CCc1cccc(OCc2nc(C(C)(C)C)c(CN)s2)c1. The van der Waals surface area contributed by atoms with Crippen molar-refractivity contribution in [2.24, 2.45) is 5.73 Å². The molecule has 2 aromatic rings. The summed E-state index contributed by atoms with van der Waals surface area (Å²) in [5.74, 6) is 0.899. The van der Waals surface area contributed by atoms with Gasteiger partial charge >= 0.3 is 0 Å². The summed E-state index contributed by atoms with van der Waals surface area (Å²) in [7, 11) is 0. The molecule has 0 amide bonds. The molecule has 1 aromatic heterocycles. The van der Waals surface area contributed by atoms with Gasteiger partial charge in [-0.1, -0.05) is 39.8 Å². The second-order valence-corrected chi connectivity index (χ2v) is 7.29. The highest BCUT2D eigenvalue weighted by molar-refractivity contribution is 7.11. The van der Waals surface area contributed by atoms with Gasteiger partial charge in [-0.25, -0.2) is 4.98 Å². The van der Waals surface area contributed by atoms with E-state index in [1.165, 1.54) is 5.56 Å². The second-order valence-electron chi connectivity index (χ2n) is 6.12. The zero-order valence-electron chi connectivity index (χ0n) is 13.3. The van der Waals surface area contributed by atoms with Crippen LogP contribution < -0.4 is 10.5 Å². The first kappa shape index (κ1) is 16.0. The molecule has 0 aliphatic heterocycles. The maximum Gasteiger partial charge on any atom is 0.140 e. The number of thiazole rings is 1. The van der Waals surface area contributed by atoms with Gasteiger partial charge in [0.05, 0.1) is 5.69 Å². The number of hydrogen-bond donors (Lipinski definition) is 1. The summed E-state index contributed by atoms with van der Waals surface area (Å²) in [6.07, 6.45) is 1.01. The van der Waals surface area contributed by atoms with Crippen molar-refractivity contribution in [3.8, 4) is 5.75 Å². The topological polar surface area (TPSA) is 48.1 Å².